The highest BCUT2D eigenvalue weighted by Gasteiger charge is 2.17. The molecule has 0 radical (unpaired) electrons. The van der Waals surface area contributed by atoms with E-state index in [-0.39, 0.29) is 0 Å². The second kappa shape index (κ2) is 6.91. The van der Waals surface area contributed by atoms with E-state index >= 15 is 0 Å². The van der Waals surface area contributed by atoms with Crippen LogP contribution in [0.25, 0.3) is 10.1 Å². The molecule has 3 aromatic carbocycles. The molecule has 3 heteroatoms. The van der Waals surface area contributed by atoms with Crippen LogP contribution in [0.2, 0.25) is 0 Å². The number of hydrogen-bond acceptors (Lipinski definition) is 3. The maximum atomic E-state index is 10.7. The van der Waals surface area contributed by atoms with Crippen molar-refractivity contribution in [2.24, 2.45) is 4.99 Å². The van der Waals surface area contributed by atoms with Crippen LogP contribution in [0.4, 0.5) is 0 Å². The van der Waals surface area contributed by atoms with Crippen molar-refractivity contribution in [1.29, 1.82) is 0 Å². The Balaban J connectivity index is 1.83. The molecule has 1 heterocycles. The summed E-state index contributed by atoms with van der Waals surface area (Å²) in [6, 6.07) is 28.1. The molecule has 0 amide bonds. The fraction of sp³-hybridized carbons (Fsp3) is 0.0455. The lowest BCUT2D eigenvalue weighted by atomic mass is 10.1. The summed E-state index contributed by atoms with van der Waals surface area (Å²) < 4.78 is 1.07. The lowest BCUT2D eigenvalue weighted by molar-refractivity contribution is 0.482. The van der Waals surface area contributed by atoms with Crippen LogP contribution in [-0.2, 0) is 6.54 Å². The van der Waals surface area contributed by atoms with Crippen molar-refractivity contribution in [3.8, 4) is 5.75 Å². The largest absolute Gasteiger partial charge is 0.506 e. The van der Waals surface area contributed by atoms with E-state index < -0.39 is 0 Å². The first-order chi connectivity index (χ1) is 12.3. The molecule has 4 rings (SSSR count). The fourth-order valence-corrected chi connectivity index (χ4v) is 3.96. The van der Waals surface area contributed by atoms with Gasteiger partial charge < -0.3 is 5.11 Å². The molecule has 0 aliphatic rings. The Morgan fingerprint density at radius 3 is 2.16 bits per heavy atom. The van der Waals surface area contributed by atoms with Crippen LogP contribution in [0.5, 0.6) is 5.75 Å². The predicted octanol–water partition coefficient (Wildman–Crippen LogP) is 5.64. The summed E-state index contributed by atoms with van der Waals surface area (Å²) >= 11 is 1.58. The van der Waals surface area contributed by atoms with E-state index in [1.807, 2.05) is 72.8 Å². The van der Waals surface area contributed by atoms with Gasteiger partial charge in [0.2, 0.25) is 0 Å². The third-order valence-corrected chi connectivity index (χ3v) is 5.26. The van der Waals surface area contributed by atoms with Gasteiger partial charge in [0.05, 0.1) is 17.1 Å². The van der Waals surface area contributed by atoms with Crippen molar-refractivity contribution >= 4 is 27.1 Å². The van der Waals surface area contributed by atoms with Gasteiger partial charge in [0.15, 0.2) is 0 Å². The SMILES string of the molecule is Oc1c(C(=NCc2ccccc2)c2ccccc2)sc2ccccc12. The lowest BCUT2D eigenvalue weighted by Gasteiger charge is -2.06. The first-order valence-corrected chi connectivity index (χ1v) is 8.99. The van der Waals surface area contributed by atoms with Crippen molar-refractivity contribution in [3.63, 3.8) is 0 Å². The van der Waals surface area contributed by atoms with Crippen molar-refractivity contribution in [3.05, 3.63) is 101 Å². The summed E-state index contributed by atoms with van der Waals surface area (Å²) in [5.74, 6) is 0.316. The van der Waals surface area contributed by atoms with Gasteiger partial charge in [0, 0.05) is 15.6 Å². The number of aliphatic imine (C=N–C) groups is 1. The Hall–Kier alpha value is -2.91. The van der Waals surface area contributed by atoms with E-state index in [9.17, 15) is 5.11 Å². The molecule has 0 unspecified atom stereocenters. The average molecular weight is 343 g/mol. The van der Waals surface area contributed by atoms with Crippen LogP contribution >= 0.6 is 11.3 Å². The van der Waals surface area contributed by atoms with Crippen LogP contribution in [0.3, 0.4) is 0 Å². The Morgan fingerprint density at radius 2 is 1.44 bits per heavy atom. The van der Waals surface area contributed by atoms with E-state index in [0.717, 1.165) is 31.8 Å². The van der Waals surface area contributed by atoms with Crippen molar-refractivity contribution < 1.29 is 5.11 Å². The van der Waals surface area contributed by atoms with Gasteiger partial charge in [-0.05, 0) is 17.7 Å². The Morgan fingerprint density at radius 1 is 0.800 bits per heavy atom. The summed E-state index contributed by atoms with van der Waals surface area (Å²) in [5.41, 5.74) is 3.00. The molecule has 0 saturated carbocycles. The van der Waals surface area contributed by atoms with Crippen molar-refractivity contribution in [1.82, 2.24) is 0 Å². The fourth-order valence-electron chi connectivity index (χ4n) is 2.84. The zero-order valence-electron chi connectivity index (χ0n) is 13.6. The minimum absolute atomic E-state index is 0.316. The highest BCUT2D eigenvalue weighted by atomic mass is 32.1. The average Bonchev–Trinajstić information content (AvgIpc) is 3.01. The van der Waals surface area contributed by atoms with Gasteiger partial charge in [-0.3, -0.25) is 4.99 Å². The minimum atomic E-state index is 0.316. The maximum Gasteiger partial charge on any atom is 0.143 e. The molecule has 0 aliphatic carbocycles. The summed E-state index contributed by atoms with van der Waals surface area (Å²) in [7, 11) is 0. The molecular weight excluding hydrogens is 326 g/mol. The first-order valence-electron chi connectivity index (χ1n) is 8.17. The summed E-state index contributed by atoms with van der Waals surface area (Å²) in [6.07, 6.45) is 0. The number of thiophene rings is 1. The number of rotatable bonds is 4. The molecule has 0 fully saturated rings. The molecule has 2 nitrogen and oxygen atoms in total. The normalized spacial score (nSPS) is 11.8. The van der Waals surface area contributed by atoms with Crippen molar-refractivity contribution in [2.75, 3.05) is 0 Å². The van der Waals surface area contributed by atoms with Gasteiger partial charge in [-0.15, -0.1) is 11.3 Å². The molecule has 25 heavy (non-hydrogen) atoms. The van der Waals surface area contributed by atoms with Crippen LogP contribution in [0.15, 0.2) is 89.9 Å². The molecule has 0 aliphatic heterocycles. The highest BCUT2D eigenvalue weighted by molar-refractivity contribution is 7.21. The second-order valence-electron chi connectivity index (χ2n) is 5.79. The molecular formula is C22H17NOS. The zero-order chi connectivity index (χ0) is 17.1. The van der Waals surface area contributed by atoms with E-state index in [2.05, 4.69) is 12.1 Å². The topological polar surface area (TPSA) is 32.6 Å². The number of nitrogens with zero attached hydrogens (tertiary/aromatic N) is 1. The Bertz CT molecular complexity index is 1020. The second-order valence-corrected chi connectivity index (χ2v) is 6.84. The van der Waals surface area contributed by atoms with Crippen LogP contribution in [-0.4, -0.2) is 10.8 Å². The molecule has 122 valence electrons. The number of aromatic hydroxyl groups is 1. The van der Waals surface area contributed by atoms with Crippen molar-refractivity contribution in [2.45, 2.75) is 6.54 Å². The Kier molecular flexibility index (Phi) is 4.32. The van der Waals surface area contributed by atoms with Gasteiger partial charge in [-0.25, -0.2) is 0 Å². The van der Waals surface area contributed by atoms with Gasteiger partial charge in [0.1, 0.15) is 5.75 Å². The van der Waals surface area contributed by atoms with Gasteiger partial charge >= 0.3 is 0 Å². The predicted molar refractivity (Wildman–Crippen MR) is 106 cm³/mol. The number of benzene rings is 3. The summed E-state index contributed by atoms with van der Waals surface area (Å²) in [4.78, 5) is 5.68. The zero-order valence-corrected chi connectivity index (χ0v) is 14.4. The van der Waals surface area contributed by atoms with E-state index in [0.29, 0.717) is 12.3 Å². The lowest BCUT2D eigenvalue weighted by Crippen LogP contribution is -2.02. The third-order valence-electron chi connectivity index (χ3n) is 4.09. The molecule has 1 N–H and O–H groups in total. The monoisotopic (exact) mass is 343 g/mol. The van der Waals surface area contributed by atoms with Gasteiger partial charge in [0.25, 0.3) is 0 Å². The van der Waals surface area contributed by atoms with E-state index in [1.165, 1.54) is 0 Å². The molecule has 1 aromatic heterocycles. The van der Waals surface area contributed by atoms with Gasteiger partial charge in [-0.1, -0.05) is 72.8 Å². The molecule has 0 saturated heterocycles. The minimum Gasteiger partial charge on any atom is -0.506 e. The smallest absolute Gasteiger partial charge is 0.143 e. The van der Waals surface area contributed by atoms with Gasteiger partial charge in [-0.2, -0.15) is 0 Å². The van der Waals surface area contributed by atoms with Crippen LogP contribution in [0, 0.1) is 0 Å². The van der Waals surface area contributed by atoms with E-state index in [4.69, 9.17) is 4.99 Å². The summed E-state index contributed by atoms with van der Waals surface area (Å²) in [6.45, 7) is 0.582. The molecule has 4 aromatic rings. The quantitative estimate of drug-likeness (QED) is 0.478. The number of fused-ring (bicyclic) bond motifs is 1. The first kappa shape index (κ1) is 15.6. The number of hydrogen-bond donors (Lipinski definition) is 1. The Labute approximate surface area is 150 Å². The molecule has 0 bridgehead atoms. The molecule has 0 spiro atoms. The summed E-state index contributed by atoms with van der Waals surface area (Å²) in [5, 5.41) is 11.6. The third kappa shape index (κ3) is 3.19. The highest BCUT2D eigenvalue weighted by Crippen LogP contribution is 2.38. The standard InChI is InChI=1S/C22H17NOS/c24-21-18-13-7-8-14-19(18)25-22(21)20(17-11-5-2-6-12-17)23-15-16-9-3-1-4-10-16/h1-14,24H,15H2. The van der Waals surface area contributed by atoms with E-state index in [1.54, 1.807) is 11.3 Å². The van der Waals surface area contributed by atoms with Crippen LogP contribution < -0.4 is 0 Å². The maximum absolute atomic E-state index is 10.7. The van der Waals surface area contributed by atoms with Crippen LogP contribution in [0.1, 0.15) is 16.0 Å². The molecule has 0 atom stereocenters.